The first-order valence-electron chi connectivity index (χ1n) is 5.44. The van der Waals surface area contributed by atoms with E-state index in [1.54, 1.807) is 0 Å². The molecule has 100 valence electrons. The average Bonchev–Trinajstić information content (AvgIpc) is 2.42. The molecule has 0 amide bonds. The molecule has 1 saturated heterocycles. The van der Waals surface area contributed by atoms with Crippen molar-refractivity contribution in [3.63, 3.8) is 0 Å². The van der Waals surface area contributed by atoms with E-state index in [1.807, 2.05) is 27.7 Å². The van der Waals surface area contributed by atoms with Gasteiger partial charge in [0.05, 0.1) is 0 Å². The number of carbonyl (C=O) groups is 1. The number of rotatable bonds is 4. The van der Waals surface area contributed by atoms with Gasteiger partial charge >= 0.3 is 114 Å². The predicted octanol–water partition coefficient (Wildman–Crippen LogP) is 2.98. The number of hydrogen-bond donors (Lipinski definition) is 0. The molecule has 0 atom stereocenters. The molecular weight excluding hydrogens is 295 g/mol. The second-order valence-electron chi connectivity index (χ2n) is 4.18. The van der Waals surface area contributed by atoms with Crippen molar-refractivity contribution in [2.24, 2.45) is 0 Å². The molecule has 7 heteroatoms. The van der Waals surface area contributed by atoms with Gasteiger partial charge in [0.25, 0.3) is 0 Å². The Morgan fingerprint density at radius 3 is 2.18 bits per heavy atom. The van der Waals surface area contributed by atoms with Crippen LogP contribution in [-0.2, 0) is 33.7 Å². The summed E-state index contributed by atoms with van der Waals surface area (Å²) < 4.78 is 12.4. The Morgan fingerprint density at radius 1 is 1.29 bits per heavy atom. The van der Waals surface area contributed by atoms with Crippen molar-refractivity contribution in [2.75, 3.05) is 5.75 Å². The van der Waals surface area contributed by atoms with Crippen LogP contribution in [0.4, 0.5) is 0 Å². The van der Waals surface area contributed by atoms with Gasteiger partial charge in [-0.1, -0.05) is 0 Å². The van der Waals surface area contributed by atoms with E-state index in [1.165, 1.54) is 0 Å². The van der Waals surface area contributed by atoms with Gasteiger partial charge in [-0.3, -0.25) is 0 Å². The molecule has 1 rings (SSSR count). The van der Waals surface area contributed by atoms with Crippen LogP contribution < -0.4 is 0 Å². The summed E-state index contributed by atoms with van der Waals surface area (Å²) in [4.78, 5) is 11.3. The van der Waals surface area contributed by atoms with Crippen molar-refractivity contribution in [1.29, 1.82) is 0 Å². The Balaban J connectivity index is 3.07. The van der Waals surface area contributed by atoms with Crippen LogP contribution in [0.3, 0.4) is 0 Å². The maximum atomic E-state index is 11.3. The van der Waals surface area contributed by atoms with E-state index >= 15 is 0 Å². The van der Waals surface area contributed by atoms with Gasteiger partial charge in [-0.15, -0.1) is 0 Å². The standard InChI is InChI=1S/C10H18O3PS3/c1-7(2)12-17(13-8(3)4)14-16-6-9(11)5-10(16)15/h7-8H,5-6H2,1-4H3/q-1. The third-order valence-electron chi connectivity index (χ3n) is 1.60. The Morgan fingerprint density at radius 2 is 1.82 bits per heavy atom. The minimum atomic E-state index is -0.565. The van der Waals surface area contributed by atoms with Gasteiger partial charge in [0.2, 0.25) is 0 Å². The monoisotopic (exact) mass is 313 g/mol. The summed E-state index contributed by atoms with van der Waals surface area (Å²) in [6.45, 7) is 7.95. The summed E-state index contributed by atoms with van der Waals surface area (Å²) in [7, 11) is -0.714. The summed E-state index contributed by atoms with van der Waals surface area (Å²) in [6.07, 6.45) is 0.714. The molecule has 0 aliphatic carbocycles. The number of ketones is 1. The number of carbonyl (C=O) groups excluding carboxylic acids is 1. The number of thiocarbonyl (C=S) groups is 1. The average molecular weight is 313 g/mol. The van der Waals surface area contributed by atoms with Gasteiger partial charge in [-0.05, 0) is 0 Å². The quantitative estimate of drug-likeness (QED) is 0.454. The second kappa shape index (κ2) is 7.41. The second-order valence-corrected chi connectivity index (χ2v) is 11.4. The van der Waals surface area contributed by atoms with Crippen LogP contribution in [0.15, 0.2) is 0 Å². The zero-order chi connectivity index (χ0) is 13.0. The Labute approximate surface area is 114 Å². The normalized spacial score (nSPS) is 17.8. The third-order valence-corrected chi connectivity index (χ3v) is 10.6. The fourth-order valence-electron chi connectivity index (χ4n) is 1.06. The summed E-state index contributed by atoms with van der Waals surface area (Å²) in [6, 6.07) is 0. The fraction of sp³-hybridized carbons (Fsp3) is 0.800. The first-order valence-corrected chi connectivity index (χ1v) is 10.4. The SMILES string of the molecule is CC(C)OS(OC(C)C)=P#[S-]1CC(=O)CC1=S. The van der Waals surface area contributed by atoms with E-state index in [4.69, 9.17) is 20.6 Å². The topological polar surface area (TPSA) is 35.5 Å². The summed E-state index contributed by atoms with van der Waals surface area (Å²) in [5.74, 6) is 1.85. The zero-order valence-electron chi connectivity index (χ0n) is 10.5. The first kappa shape index (κ1) is 15.9. The van der Waals surface area contributed by atoms with Crippen LogP contribution >= 0.6 is 18.1 Å². The van der Waals surface area contributed by atoms with E-state index in [9.17, 15) is 4.79 Å². The summed E-state index contributed by atoms with van der Waals surface area (Å²) in [5.41, 5.74) is 0. The van der Waals surface area contributed by atoms with Crippen LogP contribution in [0.5, 0.6) is 0 Å². The van der Waals surface area contributed by atoms with E-state index < -0.39 is 10.6 Å². The molecule has 0 spiro atoms. The van der Waals surface area contributed by atoms with Crippen LogP contribution in [0.2, 0.25) is 0 Å². The van der Waals surface area contributed by atoms with E-state index in [2.05, 4.69) is 0 Å². The first-order chi connectivity index (χ1) is 7.88. The van der Waals surface area contributed by atoms with Crippen LogP contribution in [-0.4, -0.2) is 27.9 Å². The van der Waals surface area contributed by atoms with Gasteiger partial charge in [0.15, 0.2) is 0 Å². The van der Waals surface area contributed by atoms with Crippen LogP contribution in [0.25, 0.3) is 0 Å². The van der Waals surface area contributed by atoms with Gasteiger partial charge in [0, 0.05) is 0 Å². The van der Waals surface area contributed by atoms with Crippen molar-refractivity contribution in [3.05, 3.63) is 0 Å². The van der Waals surface area contributed by atoms with Crippen molar-refractivity contribution in [1.82, 2.24) is 0 Å². The molecule has 1 aliphatic heterocycles. The molecule has 1 fully saturated rings. The molecule has 0 aromatic carbocycles. The molecule has 1 heterocycles. The molecule has 0 saturated carbocycles. The molecule has 3 nitrogen and oxygen atoms in total. The number of hydrogen-bond acceptors (Lipinski definition) is 5. The van der Waals surface area contributed by atoms with Gasteiger partial charge in [-0.2, -0.15) is 0 Å². The maximum absolute atomic E-state index is 11.3. The molecular formula is C10H18O3PS3-. The van der Waals surface area contributed by atoms with Gasteiger partial charge in [0.1, 0.15) is 0 Å². The van der Waals surface area contributed by atoms with Crippen molar-refractivity contribution in [3.8, 4) is 0 Å². The molecule has 0 aromatic heterocycles. The summed E-state index contributed by atoms with van der Waals surface area (Å²) in [5, 5.41) is 0. The molecule has 17 heavy (non-hydrogen) atoms. The third kappa shape index (κ3) is 5.99. The molecule has 0 radical (unpaired) electrons. The Bertz CT molecular complexity index is 449. The van der Waals surface area contributed by atoms with Gasteiger partial charge in [-0.25, -0.2) is 0 Å². The van der Waals surface area contributed by atoms with Gasteiger partial charge < -0.3 is 0 Å². The molecule has 0 unspecified atom stereocenters. The van der Waals surface area contributed by atoms with Crippen LogP contribution in [0.1, 0.15) is 34.1 Å². The van der Waals surface area contributed by atoms with Crippen molar-refractivity contribution >= 4 is 48.6 Å². The molecule has 1 aliphatic rings. The zero-order valence-corrected chi connectivity index (χ0v) is 13.8. The number of Topliss-reactive ketones (excluding diaryl/α,β-unsaturated/α-hetero) is 1. The Kier molecular flexibility index (Phi) is 6.92. The molecule has 0 bridgehead atoms. The Hall–Kier alpha value is 0.810. The van der Waals surface area contributed by atoms with E-state index in [-0.39, 0.29) is 27.9 Å². The van der Waals surface area contributed by atoms with Crippen molar-refractivity contribution in [2.45, 2.75) is 46.3 Å². The van der Waals surface area contributed by atoms with E-state index in [0.717, 1.165) is 10.1 Å². The fourth-order valence-corrected chi connectivity index (χ4v) is 10.1. The molecule has 0 N–H and O–H groups in total. The minimum absolute atomic E-state index is 0.125. The summed E-state index contributed by atoms with van der Waals surface area (Å²) >= 11 is 5.24. The predicted molar refractivity (Wildman–Crippen MR) is 81.2 cm³/mol. The van der Waals surface area contributed by atoms with Crippen molar-refractivity contribution < 1.29 is 13.2 Å². The van der Waals surface area contributed by atoms with Crippen LogP contribution in [0, 0.1) is 0 Å². The molecule has 0 aromatic rings. The van der Waals surface area contributed by atoms with E-state index in [0.29, 0.717) is 12.2 Å².